The number of ether oxygens (including phenoxy) is 1. The second-order valence-electron chi connectivity index (χ2n) is 6.42. The van der Waals surface area contributed by atoms with Gasteiger partial charge in [0.15, 0.2) is 5.13 Å². The quantitative estimate of drug-likeness (QED) is 0.666. The molecule has 7 heteroatoms. The molecule has 1 aromatic carbocycles. The molecule has 6 nitrogen and oxygen atoms in total. The first-order valence-corrected chi connectivity index (χ1v) is 9.91. The van der Waals surface area contributed by atoms with Crippen molar-refractivity contribution in [3.05, 3.63) is 40.4 Å². The molecule has 0 unspecified atom stereocenters. The highest BCUT2D eigenvalue weighted by Gasteiger charge is 2.22. The second-order valence-corrected chi connectivity index (χ2v) is 7.40. The molecular weight excluding hydrogens is 362 g/mol. The molecule has 0 atom stereocenters. The molecule has 0 saturated carbocycles. The van der Waals surface area contributed by atoms with E-state index < -0.39 is 5.97 Å². The third kappa shape index (κ3) is 4.66. The van der Waals surface area contributed by atoms with Crippen LogP contribution < -0.4 is 9.80 Å². The van der Waals surface area contributed by atoms with Crippen LogP contribution in [0.15, 0.2) is 24.3 Å². The van der Waals surface area contributed by atoms with E-state index in [9.17, 15) is 9.59 Å². The molecular formula is C20H27N3O3S. The van der Waals surface area contributed by atoms with E-state index in [2.05, 4.69) is 30.7 Å². The largest absolute Gasteiger partial charge is 0.462 e. The Kier molecular flexibility index (Phi) is 6.96. The van der Waals surface area contributed by atoms with Gasteiger partial charge in [0.2, 0.25) is 0 Å². The summed E-state index contributed by atoms with van der Waals surface area (Å²) in [7, 11) is 1.66. The van der Waals surface area contributed by atoms with Gasteiger partial charge in [-0.2, -0.15) is 0 Å². The lowest BCUT2D eigenvalue weighted by Crippen LogP contribution is -2.30. The predicted molar refractivity (Wildman–Crippen MR) is 110 cm³/mol. The van der Waals surface area contributed by atoms with Gasteiger partial charge in [-0.3, -0.25) is 9.69 Å². The number of anilines is 2. The number of thiazole rings is 1. The van der Waals surface area contributed by atoms with Gasteiger partial charge in [0.05, 0.1) is 12.3 Å². The molecule has 0 fully saturated rings. The van der Waals surface area contributed by atoms with Crippen LogP contribution in [-0.4, -0.2) is 43.1 Å². The van der Waals surface area contributed by atoms with E-state index in [4.69, 9.17) is 4.74 Å². The fourth-order valence-corrected chi connectivity index (χ4v) is 3.75. The molecule has 27 heavy (non-hydrogen) atoms. The van der Waals surface area contributed by atoms with Gasteiger partial charge in [-0.15, -0.1) is 0 Å². The minimum Gasteiger partial charge on any atom is -0.462 e. The summed E-state index contributed by atoms with van der Waals surface area (Å²) in [4.78, 5) is 33.3. The zero-order valence-electron chi connectivity index (χ0n) is 16.8. The van der Waals surface area contributed by atoms with Crippen molar-refractivity contribution in [3.8, 4) is 0 Å². The van der Waals surface area contributed by atoms with Gasteiger partial charge in [0, 0.05) is 30.9 Å². The number of benzene rings is 1. The SMILES string of the molecule is CCOC(=O)c1sc(N(C)C(=O)c2ccc(N(CC)C(C)C)cc2)nc1C. The first kappa shape index (κ1) is 20.9. The highest BCUT2D eigenvalue weighted by atomic mass is 32.1. The third-order valence-electron chi connectivity index (χ3n) is 4.25. The van der Waals surface area contributed by atoms with Crippen molar-refractivity contribution in [2.45, 2.75) is 40.7 Å². The number of carbonyl (C=O) groups excluding carboxylic acids is 2. The predicted octanol–water partition coefficient (Wildman–Crippen LogP) is 4.14. The zero-order valence-corrected chi connectivity index (χ0v) is 17.6. The molecule has 1 heterocycles. The van der Waals surface area contributed by atoms with E-state index in [-0.39, 0.29) is 5.91 Å². The van der Waals surface area contributed by atoms with Crippen LogP contribution >= 0.6 is 11.3 Å². The molecule has 0 spiro atoms. The van der Waals surface area contributed by atoms with E-state index in [1.165, 1.54) is 16.2 Å². The number of aromatic nitrogens is 1. The van der Waals surface area contributed by atoms with Crippen LogP contribution in [0.5, 0.6) is 0 Å². The lowest BCUT2D eigenvalue weighted by atomic mass is 10.1. The molecule has 0 aliphatic rings. The summed E-state index contributed by atoms with van der Waals surface area (Å²) in [5, 5.41) is 0.474. The van der Waals surface area contributed by atoms with Gasteiger partial charge in [0.1, 0.15) is 4.88 Å². The molecule has 146 valence electrons. The highest BCUT2D eigenvalue weighted by molar-refractivity contribution is 7.17. The fourth-order valence-electron chi connectivity index (χ4n) is 2.83. The van der Waals surface area contributed by atoms with Gasteiger partial charge in [0.25, 0.3) is 5.91 Å². The number of hydrogen-bond acceptors (Lipinski definition) is 6. The first-order chi connectivity index (χ1) is 12.8. The van der Waals surface area contributed by atoms with Crippen molar-refractivity contribution in [1.82, 2.24) is 4.98 Å². The number of aryl methyl sites for hydroxylation is 1. The number of amides is 1. The molecule has 0 N–H and O–H groups in total. The summed E-state index contributed by atoms with van der Waals surface area (Å²) in [6.07, 6.45) is 0. The van der Waals surface area contributed by atoms with Crippen molar-refractivity contribution in [1.29, 1.82) is 0 Å². The van der Waals surface area contributed by atoms with Crippen LogP contribution in [0.2, 0.25) is 0 Å². The number of carbonyl (C=O) groups is 2. The van der Waals surface area contributed by atoms with E-state index in [1.807, 2.05) is 24.3 Å². The maximum atomic E-state index is 12.8. The van der Waals surface area contributed by atoms with Gasteiger partial charge >= 0.3 is 5.97 Å². The summed E-state index contributed by atoms with van der Waals surface area (Å²) < 4.78 is 5.04. The topological polar surface area (TPSA) is 62.7 Å². The Morgan fingerprint density at radius 2 is 1.81 bits per heavy atom. The Labute approximate surface area is 164 Å². The summed E-state index contributed by atoms with van der Waals surface area (Å²) in [6, 6.07) is 7.96. The average Bonchev–Trinajstić information content (AvgIpc) is 3.03. The summed E-state index contributed by atoms with van der Waals surface area (Å²) in [5.41, 5.74) is 2.23. The van der Waals surface area contributed by atoms with Gasteiger partial charge in [-0.25, -0.2) is 9.78 Å². The Balaban J connectivity index is 2.20. The minimum atomic E-state index is -0.405. The van der Waals surface area contributed by atoms with Crippen molar-refractivity contribution in [2.24, 2.45) is 0 Å². The molecule has 0 aliphatic carbocycles. The maximum Gasteiger partial charge on any atom is 0.350 e. The molecule has 0 saturated heterocycles. The normalized spacial score (nSPS) is 10.8. The fraction of sp³-hybridized carbons (Fsp3) is 0.450. The lowest BCUT2D eigenvalue weighted by Gasteiger charge is -2.27. The maximum absolute atomic E-state index is 12.8. The van der Waals surface area contributed by atoms with Crippen LogP contribution in [0, 0.1) is 6.92 Å². The van der Waals surface area contributed by atoms with E-state index in [0.717, 1.165) is 12.2 Å². The minimum absolute atomic E-state index is 0.168. The van der Waals surface area contributed by atoms with Crippen molar-refractivity contribution in [2.75, 3.05) is 30.0 Å². The summed E-state index contributed by atoms with van der Waals surface area (Å²) in [5.74, 6) is -0.574. The lowest BCUT2D eigenvalue weighted by molar-refractivity contribution is 0.0531. The van der Waals surface area contributed by atoms with Gasteiger partial charge in [-0.05, 0) is 58.9 Å². The molecule has 2 aromatic rings. The van der Waals surface area contributed by atoms with Gasteiger partial charge < -0.3 is 9.64 Å². The summed E-state index contributed by atoms with van der Waals surface area (Å²) in [6.45, 7) is 11.1. The van der Waals surface area contributed by atoms with Gasteiger partial charge in [-0.1, -0.05) is 11.3 Å². The van der Waals surface area contributed by atoms with E-state index >= 15 is 0 Å². The number of hydrogen-bond donors (Lipinski definition) is 0. The van der Waals surface area contributed by atoms with Crippen LogP contribution in [0.1, 0.15) is 53.4 Å². The van der Waals surface area contributed by atoms with Crippen LogP contribution in [0.4, 0.5) is 10.8 Å². The number of esters is 1. The van der Waals surface area contributed by atoms with Crippen LogP contribution in [0.3, 0.4) is 0 Å². The number of rotatable bonds is 7. The number of nitrogens with zero attached hydrogens (tertiary/aromatic N) is 3. The molecule has 1 aromatic heterocycles. The smallest absolute Gasteiger partial charge is 0.350 e. The van der Waals surface area contributed by atoms with Crippen molar-refractivity contribution < 1.29 is 14.3 Å². The monoisotopic (exact) mass is 389 g/mol. The molecule has 0 radical (unpaired) electrons. The first-order valence-electron chi connectivity index (χ1n) is 9.09. The second kappa shape index (κ2) is 8.99. The van der Waals surface area contributed by atoms with Crippen molar-refractivity contribution >= 4 is 34.0 Å². The van der Waals surface area contributed by atoms with Crippen LogP contribution in [0.25, 0.3) is 0 Å². The molecule has 0 bridgehead atoms. The van der Waals surface area contributed by atoms with Crippen LogP contribution in [-0.2, 0) is 4.74 Å². The Hall–Kier alpha value is -2.41. The molecule has 2 rings (SSSR count). The Morgan fingerprint density at radius 3 is 2.33 bits per heavy atom. The van der Waals surface area contributed by atoms with E-state index in [0.29, 0.717) is 33.9 Å². The van der Waals surface area contributed by atoms with Crippen molar-refractivity contribution in [3.63, 3.8) is 0 Å². The highest BCUT2D eigenvalue weighted by Crippen LogP contribution is 2.27. The summed E-state index contributed by atoms with van der Waals surface area (Å²) >= 11 is 1.17. The molecule has 1 amide bonds. The standard InChI is InChI=1S/C20H27N3O3S/c1-7-23(13(3)4)16-11-9-15(10-12-16)18(24)22(6)20-21-14(5)17(27-20)19(25)26-8-2/h9-13H,7-8H2,1-6H3. The average molecular weight is 390 g/mol. The molecule has 0 aliphatic heterocycles. The Bertz CT molecular complexity index is 799. The van der Waals surface area contributed by atoms with E-state index in [1.54, 1.807) is 20.9 Å². The third-order valence-corrected chi connectivity index (χ3v) is 5.46. The Morgan fingerprint density at radius 1 is 1.19 bits per heavy atom. The zero-order chi connectivity index (χ0) is 20.1.